The fourth-order valence-electron chi connectivity index (χ4n) is 2.39. The summed E-state index contributed by atoms with van der Waals surface area (Å²) in [5.41, 5.74) is 1.66. The third-order valence-corrected chi connectivity index (χ3v) is 6.95. The number of sulfone groups is 1. The molecule has 1 unspecified atom stereocenters. The Bertz CT molecular complexity index is 568. The summed E-state index contributed by atoms with van der Waals surface area (Å²) in [6.07, 6.45) is 0.759. The molecule has 1 atom stereocenters. The molecular weight excluding hydrogens is 308 g/mol. The Kier molecular flexibility index (Phi) is 5.51. The van der Waals surface area contributed by atoms with Crippen molar-refractivity contribution in [2.24, 2.45) is 0 Å². The van der Waals surface area contributed by atoms with Crippen molar-refractivity contribution < 1.29 is 13.5 Å². The molecule has 1 aliphatic heterocycles. The molecule has 0 bridgehead atoms. The lowest BCUT2D eigenvalue weighted by Gasteiger charge is -2.36. The van der Waals surface area contributed by atoms with Crippen LogP contribution in [0.25, 0.3) is 0 Å². The molecule has 2 rings (SSSR count). The first-order valence-electron chi connectivity index (χ1n) is 7.18. The minimum absolute atomic E-state index is 0.0592. The molecule has 1 fully saturated rings. The maximum atomic E-state index is 12.3. The zero-order valence-electron chi connectivity index (χ0n) is 12.4. The first-order chi connectivity index (χ1) is 10.0. The third-order valence-electron chi connectivity index (χ3n) is 3.67. The van der Waals surface area contributed by atoms with Crippen LogP contribution in [0.1, 0.15) is 25.1 Å². The van der Waals surface area contributed by atoms with Gasteiger partial charge >= 0.3 is 0 Å². The van der Waals surface area contributed by atoms with Gasteiger partial charge in [-0.1, -0.05) is 13.8 Å². The number of aliphatic hydroxyl groups excluding tert-OH is 1. The fraction of sp³-hybridized carbons (Fsp3) is 0.643. The van der Waals surface area contributed by atoms with E-state index >= 15 is 0 Å². The number of hydrogen-bond donors (Lipinski definition) is 1. The Hall–Kier alpha value is -0.790. The second-order valence-corrected chi connectivity index (χ2v) is 8.61. The molecule has 5 nitrogen and oxygen atoms in total. The maximum Gasteiger partial charge on any atom is 0.171 e. The van der Waals surface area contributed by atoms with Crippen LogP contribution in [0.2, 0.25) is 0 Å². The van der Waals surface area contributed by atoms with Gasteiger partial charge < -0.3 is 10.0 Å². The minimum atomic E-state index is -3.16. The van der Waals surface area contributed by atoms with Crippen molar-refractivity contribution in [1.29, 1.82) is 0 Å². The van der Waals surface area contributed by atoms with Gasteiger partial charge in [0.05, 0.1) is 6.61 Å². The number of nitrogens with zero attached hydrogens (tertiary/aromatic N) is 2. The molecule has 0 saturated carbocycles. The van der Waals surface area contributed by atoms with Gasteiger partial charge in [-0.25, -0.2) is 13.4 Å². The fourth-order valence-corrected chi connectivity index (χ4v) is 5.36. The smallest absolute Gasteiger partial charge is 0.171 e. The topological polar surface area (TPSA) is 70.5 Å². The predicted molar refractivity (Wildman–Crippen MR) is 87.5 cm³/mol. The van der Waals surface area contributed by atoms with Gasteiger partial charge in [0.25, 0.3) is 0 Å². The minimum Gasteiger partial charge on any atom is -0.392 e. The lowest BCUT2D eigenvalue weighted by Crippen LogP contribution is -2.48. The van der Waals surface area contributed by atoms with Crippen LogP contribution in [0, 0.1) is 0 Å². The van der Waals surface area contributed by atoms with E-state index in [1.165, 1.54) is 0 Å². The van der Waals surface area contributed by atoms with Crippen molar-refractivity contribution in [2.75, 3.05) is 28.7 Å². The number of rotatable bonds is 5. The first kappa shape index (κ1) is 16.6. The van der Waals surface area contributed by atoms with Crippen molar-refractivity contribution in [2.45, 2.75) is 32.2 Å². The van der Waals surface area contributed by atoms with Crippen LogP contribution in [0.4, 0.5) is 5.82 Å². The van der Waals surface area contributed by atoms with Gasteiger partial charge in [0, 0.05) is 29.5 Å². The van der Waals surface area contributed by atoms with Crippen LogP contribution in [0.15, 0.2) is 12.1 Å². The number of aliphatic hydroxyl groups is 1. The van der Waals surface area contributed by atoms with Gasteiger partial charge in [0.15, 0.2) is 9.84 Å². The molecule has 7 heteroatoms. The summed E-state index contributed by atoms with van der Waals surface area (Å²) in [6, 6.07) is 3.67. The average molecular weight is 330 g/mol. The molecule has 1 N–H and O–H groups in total. The largest absolute Gasteiger partial charge is 0.392 e. The number of thioether (sulfide) groups is 1. The van der Waals surface area contributed by atoms with Crippen LogP contribution in [-0.4, -0.2) is 47.7 Å². The normalized spacial score (nSPS) is 19.8. The number of anilines is 1. The number of aromatic nitrogens is 1. The number of hydrogen-bond acceptors (Lipinski definition) is 6. The van der Waals surface area contributed by atoms with Gasteiger partial charge in [-0.15, -0.1) is 0 Å². The second kappa shape index (κ2) is 6.98. The average Bonchev–Trinajstić information content (AvgIpc) is 2.54. The molecule has 0 aliphatic carbocycles. The molecule has 1 saturated heterocycles. The van der Waals surface area contributed by atoms with Crippen molar-refractivity contribution >= 4 is 27.4 Å². The molecular formula is C14H22N2O3S2. The van der Waals surface area contributed by atoms with E-state index in [0.29, 0.717) is 18.1 Å². The maximum absolute atomic E-state index is 12.3. The summed E-state index contributed by atoms with van der Waals surface area (Å²) in [6.45, 7) is 4.29. The van der Waals surface area contributed by atoms with Crippen molar-refractivity contribution in [1.82, 2.24) is 4.98 Å². The van der Waals surface area contributed by atoms with E-state index < -0.39 is 15.2 Å². The summed E-state index contributed by atoms with van der Waals surface area (Å²) in [4.78, 5) is 6.45. The lowest BCUT2D eigenvalue weighted by atomic mass is 10.2. The SMILES string of the molecule is CCc1cc(CO)cc(N2CCSCC2S(=O)(=O)CC)n1. The Morgan fingerprint density at radius 3 is 2.81 bits per heavy atom. The molecule has 2 heterocycles. The van der Waals surface area contributed by atoms with Gasteiger partial charge in [0.2, 0.25) is 0 Å². The van der Waals surface area contributed by atoms with E-state index in [-0.39, 0.29) is 12.4 Å². The Morgan fingerprint density at radius 2 is 2.19 bits per heavy atom. The van der Waals surface area contributed by atoms with Gasteiger partial charge in [-0.2, -0.15) is 11.8 Å². The molecule has 0 spiro atoms. The molecule has 118 valence electrons. The van der Waals surface area contributed by atoms with E-state index in [1.54, 1.807) is 24.8 Å². The highest BCUT2D eigenvalue weighted by atomic mass is 32.2. The van der Waals surface area contributed by atoms with Crippen molar-refractivity contribution in [3.05, 3.63) is 23.4 Å². The first-order valence-corrected chi connectivity index (χ1v) is 10.1. The number of aryl methyl sites for hydroxylation is 1. The highest BCUT2D eigenvalue weighted by Gasteiger charge is 2.33. The summed E-state index contributed by atoms with van der Waals surface area (Å²) in [5, 5.41) is 8.86. The Morgan fingerprint density at radius 1 is 1.43 bits per heavy atom. The van der Waals surface area contributed by atoms with Gasteiger partial charge in [0.1, 0.15) is 11.2 Å². The monoisotopic (exact) mass is 330 g/mol. The van der Waals surface area contributed by atoms with Crippen molar-refractivity contribution in [3.63, 3.8) is 0 Å². The predicted octanol–water partition coefficient (Wildman–Crippen LogP) is 1.45. The number of pyridine rings is 1. The molecule has 1 aromatic heterocycles. The van der Waals surface area contributed by atoms with E-state index in [2.05, 4.69) is 4.98 Å². The molecule has 0 amide bonds. The summed E-state index contributed by atoms with van der Waals surface area (Å²) in [7, 11) is -3.16. The van der Waals surface area contributed by atoms with Gasteiger partial charge in [-0.3, -0.25) is 0 Å². The van der Waals surface area contributed by atoms with Gasteiger partial charge in [-0.05, 0) is 24.1 Å². The summed E-state index contributed by atoms with van der Waals surface area (Å²) in [5.74, 6) is 2.26. The van der Waals surface area contributed by atoms with E-state index in [0.717, 1.165) is 23.4 Å². The van der Waals surface area contributed by atoms with Crippen LogP contribution >= 0.6 is 11.8 Å². The lowest BCUT2D eigenvalue weighted by molar-refractivity contribution is 0.281. The molecule has 1 aliphatic rings. The van der Waals surface area contributed by atoms with Crippen LogP contribution in [0.3, 0.4) is 0 Å². The van der Waals surface area contributed by atoms with E-state index in [9.17, 15) is 13.5 Å². The summed E-state index contributed by atoms with van der Waals surface area (Å²) >= 11 is 1.67. The highest BCUT2D eigenvalue weighted by Crippen LogP contribution is 2.27. The third kappa shape index (κ3) is 3.70. The van der Waals surface area contributed by atoms with Crippen LogP contribution < -0.4 is 4.90 Å². The van der Waals surface area contributed by atoms with E-state index in [4.69, 9.17) is 0 Å². The standard InChI is InChI=1S/C14H22N2O3S2/c1-3-12-7-11(9-17)8-13(15-12)16-5-6-20-10-14(16)21(18,19)4-2/h7-8,14,17H,3-6,9-10H2,1-2H3. The molecule has 1 aromatic rings. The van der Waals surface area contributed by atoms with Crippen LogP contribution in [0.5, 0.6) is 0 Å². The van der Waals surface area contributed by atoms with E-state index in [1.807, 2.05) is 17.9 Å². The Balaban J connectivity index is 2.42. The van der Waals surface area contributed by atoms with Crippen LogP contribution in [-0.2, 0) is 22.9 Å². The zero-order chi connectivity index (χ0) is 15.5. The molecule has 0 radical (unpaired) electrons. The molecule has 21 heavy (non-hydrogen) atoms. The van der Waals surface area contributed by atoms with Crippen molar-refractivity contribution in [3.8, 4) is 0 Å². The quantitative estimate of drug-likeness (QED) is 0.881. The molecule has 0 aromatic carbocycles. The zero-order valence-corrected chi connectivity index (χ0v) is 14.1. The highest BCUT2D eigenvalue weighted by molar-refractivity contribution is 8.01. The second-order valence-electron chi connectivity index (χ2n) is 5.01. The Labute approximate surface area is 130 Å². The summed E-state index contributed by atoms with van der Waals surface area (Å²) < 4.78 is 24.6.